The average Bonchev–Trinajstić information content (AvgIpc) is 3.22. The van der Waals surface area contributed by atoms with Gasteiger partial charge in [0.15, 0.2) is 0 Å². The van der Waals surface area contributed by atoms with Crippen molar-refractivity contribution in [2.24, 2.45) is 0 Å². The van der Waals surface area contributed by atoms with Gasteiger partial charge in [-0.25, -0.2) is 0 Å². The Morgan fingerprint density at radius 1 is 1.11 bits per heavy atom. The number of nitrogens with zero attached hydrogens (tertiary/aromatic N) is 2. The third kappa shape index (κ3) is 4.80. The predicted molar refractivity (Wildman–Crippen MR) is 108 cm³/mol. The number of likely N-dealkylation sites (tertiary alicyclic amines) is 1. The molecule has 1 aromatic carbocycles. The molecule has 5 heteroatoms. The van der Waals surface area contributed by atoms with Gasteiger partial charge >= 0.3 is 0 Å². The predicted octanol–water partition coefficient (Wildman–Crippen LogP) is 4.53. The highest BCUT2D eigenvalue weighted by atomic mass is 16.5. The Labute approximate surface area is 165 Å². The fourth-order valence-corrected chi connectivity index (χ4v) is 3.57. The van der Waals surface area contributed by atoms with Crippen LogP contribution in [0.3, 0.4) is 0 Å². The van der Waals surface area contributed by atoms with E-state index >= 15 is 0 Å². The molecule has 1 saturated heterocycles. The summed E-state index contributed by atoms with van der Waals surface area (Å²) in [6.07, 6.45) is 4.28. The molecule has 0 N–H and O–H groups in total. The van der Waals surface area contributed by atoms with Crippen molar-refractivity contribution in [1.29, 1.82) is 0 Å². The number of aromatic nitrogens is 1. The van der Waals surface area contributed by atoms with E-state index < -0.39 is 0 Å². The van der Waals surface area contributed by atoms with E-state index in [0.29, 0.717) is 6.61 Å². The zero-order valence-electron chi connectivity index (χ0n) is 16.2. The Balaban J connectivity index is 1.32. The molecule has 2 aromatic heterocycles. The van der Waals surface area contributed by atoms with Crippen LogP contribution in [0.25, 0.3) is 11.3 Å². The normalized spacial score (nSPS) is 17.5. The van der Waals surface area contributed by atoms with Gasteiger partial charge in [0.2, 0.25) is 0 Å². The van der Waals surface area contributed by atoms with Crippen LogP contribution in [0, 0.1) is 0 Å². The van der Waals surface area contributed by atoms with E-state index in [9.17, 15) is 0 Å². The maximum Gasteiger partial charge on any atom is 0.134 e. The zero-order valence-corrected chi connectivity index (χ0v) is 16.2. The molecule has 1 aliphatic rings. The van der Waals surface area contributed by atoms with Gasteiger partial charge in [0.25, 0.3) is 0 Å². The first-order valence-electron chi connectivity index (χ1n) is 9.77. The van der Waals surface area contributed by atoms with Crippen LogP contribution in [0.2, 0.25) is 0 Å². The lowest BCUT2D eigenvalue weighted by Crippen LogP contribution is -2.39. The van der Waals surface area contributed by atoms with Gasteiger partial charge in [0, 0.05) is 18.3 Å². The Hall–Kier alpha value is -2.63. The first kappa shape index (κ1) is 18.7. The standard InChI is InChI=1S/C23H26N2O3/c1-26-20-9-7-18(8-10-20)23-12-11-22(28-23)16-25-14-4-6-21(15-25)27-17-19-5-2-3-13-24-19/h2-3,5,7-13,21H,4,6,14-17H2,1H3. The number of hydrogen-bond acceptors (Lipinski definition) is 5. The molecule has 146 valence electrons. The number of ether oxygens (including phenoxy) is 2. The van der Waals surface area contributed by atoms with E-state index in [1.807, 2.05) is 54.7 Å². The average molecular weight is 378 g/mol. The largest absolute Gasteiger partial charge is 0.497 e. The Kier molecular flexibility index (Phi) is 6.04. The lowest BCUT2D eigenvalue weighted by molar-refractivity contribution is -0.0145. The lowest BCUT2D eigenvalue weighted by Gasteiger charge is -2.32. The zero-order chi connectivity index (χ0) is 19.2. The van der Waals surface area contributed by atoms with Gasteiger partial charge in [-0.3, -0.25) is 9.88 Å². The van der Waals surface area contributed by atoms with E-state index in [4.69, 9.17) is 13.9 Å². The molecule has 5 nitrogen and oxygen atoms in total. The molecule has 28 heavy (non-hydrogen) atoms. The quantitative estimate of drug-likeness (QED) is 0.604. The minimum atomic E-state index is 0.242. The van der Waals surface area contributed by atoms with Crippen molar-refractivity contribution in [3.8, 4) is 17.1 Å². The summed E-state index contributed by atoms with van der Waals surface area (Å²) in [5.41, 5.74) is 2.04. The number of methoxy groups -OCH3 is 1. The molecule has 0 bridgehead atoms. The van der Waals surface area contributed by atoms with Gasteiger partial charge < -0.3 is 13.9 Å². The lowest BCUT2D eigenvalue weighted by atomic mass is 10.1. The summed E-state index contributed by atoms with van der Waals surface area (Å²) < 4.78 is 17.4. The molecule has 0 saturated carbocycles. The van der Waals surface area contributed by atoms with Crippen LogP contribution < -0.4 is 4.74 Å². The van der Waals surface area contributed by atoms with E-state index in [1.165, 1.54) is 0 Å². The second kappa shape index (κ2) is 9.04. The highest BCUT2D eigenvalue weighted by molar-refractivity contribution is 5.58. The molecule has 1 unspecified atom stereocenters. The highest BCUT2D eigenvalue weighted by Gasteiger charge is 2.21. The number of benzene rings is 1. The van der Waals surface area contributed by atoms with Gasteiger partial charge in [-0.05, 0) is 67.9 Å². The van der Waals surface area contributed by atoms with E-state index in [-0.39, 0.29) is 6.10 Å². The summed E-state index contributed by atoms with van der Waals surface area (Å²) in [5, 5.41) is 0. The molecule has 0 radical (unpaired) electrons. The van der Waals surface area contributed by atoms with Gasteiger partial charge in [-0.1, -0.05) is 6.07 Å². The maximum absolute atomic E-state index is 6.09. The van der Waals surface area contributed by atoms with Crippen LogP contribution in [0.1, 0.15) is 24.3 Å². The molecule has 4 rings (SSSR count). The molecule has 0 aliphatic carbocycles. The molecule has 1 atom stereocenters. The summed E-state index contributed by atoms with van der Waals surface area (Å²) in [6, 6.07) is 18.0. The van der Waals surface area contributed by atoms with Crippen LogP contribution in [0.5, 0.6) is 5.75 Å². The Morgan fingerprint density at radius 2 is 2.00 bits per heavy atom. The van der Waals surface area contributed by atoms with E-state index in [1.54, 1.807) is 7.11 Å². The highest BCUT2D eigenvalue weighted by Crippen LogP contribution is 2.26. The smallest absolute Gasteiger partial charge is 0.134 e. The topological polar surface area (TPSA) is 47.7 Å². The van der Waals surface area contributed by atoms with Crippen molar-refractivity contribution >= 4 is 0 Å². The molecular weight excluding hydrogens is 352 g/mol. The summed E-state index contributed by atoms with van der Waals surface area (Å²) in [6.45, 7) is 3.37. The van der Waals surface area contributed by atoms with Crippen LogP contribution >= 0.6 is 0 Å². The van der Waals surface area contributed by atoms with Gasteiger partial charge in [0.05, 0.1) is 32.1 Å². The molecule has 0 spiro atoms. The van der Waals surface area contributed by atoms with Crippen LogP contribution in [0.15, 0.2) is 65.2 Å². The molecule has 0 amide bonds. The second-order valence-electron chi connectivity index (χ2n) is 7.13. The molecule has 3 aromatic rings. The monoisotopic (exact) mass is 378 g/mol. The molecule has 1 aliphatic heterocycles. The van der Waals surface area contributed by atoms with Gasteiger partial charge in [-0.15, -0.1) is 0 Å². The minimum absolute atomic E-state index is 0.242. The van der Waals surface area contributed by atoms with Crippen molar-refractivity contribution in [2.75, 3.05) is 20.2 Å². The first-order valence-corrected chi connectivity index (χ1v) is 9.77. The number of furan rings is 1. The van der Waals surface area contributed by atoms with Crippen molar-refractivity contribution in [3.05, 3.63) is 72.2 Å². The third-order valence-electron chi connectivity index (χ3n) is 5.07. The summed E-state index contributed by atoms with van der Waals surface area (Å²) in [4.78, 5) is 6.74. The Bertz CT molecular complexity index is 861. The van der Waals surface area contributed by atoms with Crippen LogP contribution in [-0.2, 0) is 17.9 Å². The van der Waals surface area contributed by atoms with E-state index in [0.717, 1.165) is 61.0 Å². The number of piperidine rings is 1. The summed E-state index contributed by atoms with van der Waals surface area (Å²) in [5.74, 6) is 2.72. The van der Waals surface area contributed by atoms with Gasteiger partial charge in [0.1, 0.15) is 17.3 Å². The van der Waals surface area contributed by atoms with Crippen molar-refractivity contribution < 1.29 is 13.9 Å². The second-order valence-corrected chi connectivity index (χ2v) is 7.13. The minimum Gasteiger partial charge on any atom is -0.497 e. The Morgan fingerprint density at radius 3 is 2.79 bits per heavy atom. The fraction of sp³-hybridized carbons (Fsp3) is 0.348. The summed E-state index contributed by atoms with van der Waals surface area (Å²) >= 11 is 0. The number of rotatable bonds is 7. The molecular formula is C23H26N2O3. The van der Waals surface area contributed by atoms with E-state index in [2.05, 4.69) is 16.0 Å². The van der Waals surface area contributed by atoms with Crippen molar-refractivity contribution in [3.63, 3.8) is 0 Å². The van der Waals surface area contributed by atoms with Gasteiger partial charge in [-0.2, -0.15) is 0 Å². The summed E-state index contributed by atoms with van der Waals surface area (Å²) in [7, 11) is 1.67. The number of hydrogen-bond donors (Lipinski definition) is 0. The third-order valence-corrected chi connectivity index (χ3v) is 5.07. The SMILES string of the molecule is COc1ccc(-c2ccc(CN3CCCC(OCc4ccccn4)C3)o2)cc1. The number of pyridine rings is 1. The van der Waals surface area contributed by atoms with Crippen LogP contribution in [0.4, 0.5) is 0 Å². The van der Waals surface area contributed by atoms with Crippen molar-refractivity contribution in [1.82, 2.24) is 9.88 Å². The maximum atomic E-state index is 6.09. The van der Waals surface area contributed by atoms with Crippen LogP contribution in [-0.4, -0.2) is 36.2 Å². The first-order chi connectivity index (χ1) is 13.8. The van der Waals surface area contributed by atoms with Crippen molar-refractivity contribution in [2.45, 2.75) is 32.1 Å². The molecule has 1 fully saturated rings. The fourth-order valence-electron chi connectivity index (χ4n) is 3.57. The molecule has 3 heterocycles.